The average Bonchev–Trinajstić information content (AvgIpc) is 2.48. The predicted molar refractivity (Wildman–Crippen MR) is 78.1 cm³/mol. The Labute approximate surface area is 122 Å². The number of aromatic nitrogens is 2. The van der Waals surface area contributed by atoms with Gasteiger partial charge < -0.3 is 5.32 Å². The van der Waals surface area contributed by atoms with Crippen LogP contribution in [0.25, 0.3) is 0 Å². The van der Waals surface area contributed by atoms with E-state index in [9.17, 15) is 0 Å². The molecule has 0 saturated heterocycles. The van der Waals surface area contributed by atoms with E-state index in [1.165, 1.54) is 30.2 Å². The standard InChI is InChI=1S/C15H13ClN4/c16-14-11(8-17)9-18-15(20-14)19-13-7-3-5-10-4-1-2-6-12(10)13/h3,5,7,9H,1-2,4,6H2,(H,18,19,20). The number of halogens is 1. The Kier molecular flexibility index (Phi) is 3.53. The highest BCUT2D eigenvalue weighted by atomic mass is 35.5. The maximum atomic E-state index is 8.82. The van der Waals surface area contributed by atoms with Gasteiger partial charge in [-0.05, 0) is 42.9 Å². The fraction of sp³-hybridized carbons (Fsp3) is 0.267. The maximum Gasteiger partial charge on any atom is 0.228 e. The minimum absolute atomic E-state index is 0.176. The number of benzene rings is 1. The first-order valence-corrected chi connectivity index (χ1v) is 6.96. The Bertz CT molecular complexity index is 691. The van der Waals surface area contributed by atoms with Crippen LogP contribution in [0.5, 0.6) is 0 Å². The van der Waals surface area contributed by atoms with Crippen LogP contribution in [0.3, 0.4) is 0 Å². The van der Waals surface area contributed by atoms with Crippen molar-refractivity contribution in [3.05, 3.63) is 46.2 Å². The number of rotatable bonds is 2. The Hall–Kier alpha value is -2.12. The molecule has 1 aliphatic carbocycles. The highest BCUT2D eigenvalue weighted by Gasteiger charge is 2.14. The molecule has 0 spiro atoms. The van der Waals surface area contributed by atoms with E-state index in [1.807, 2.05) is 18.2 Å². The molecule has 0 bridgehead atoms. The molecule has 0 fully saturated rings. The van der Waals surface area contributed by atoms with Crippen molar-refractivity contribution in [3.63, 3.8) is 0 Å². The van der Waals surface area contributed by atoms with Crippen molar-refractivity contribution in [2.75, 3.05) is 5.32 Å². The molecule has 3 rings (SSSR count). The third-order valence-corrected chi connectivity index (χ3v) is 3.79. The molecule has 2 aromatic rings. The molecule has 0 amide bonds. The van der Waals surface area contributed by atoms with Crippen molar-refractivity contribution in [1.29, 1.82) is 5.26 Å². The van der Waals surface area contributed by atoms with Crippen LogP contribution in [0, 0.1) is 11.3 Å². The summed E-state index contributed by atoms with van der Waals surface area (Å²) in [4.78, 5) is 8.23. The second-order valence-corrected chi connectivity index (χ2v) is 5.14. The molecule has 20 heavy (non-hydrogen) atoms. The number of hydrogen-bond acceptors (Lipinski definition) is 4. The minimum atomic E-state index is 0.176. The summed E-state index contributed by atoms with van der Waals surface area (Å²) in [7, 11) is 0. The van der Waals surface area contributed by atoms with E-state index in [2.05, 4.69) is 21.4 Å². The fourth-order valence-corrected chi connectivity index (χ4v) is 2.69. The van der Waals surface area contributed by atoms with Gasteiger partial charge in [-0.25, -0.2) is 4.98 Å². The molecule has 100 valence electrons. The van der Waals surface area contributed by atoms with Crippen molar-refractivity contribution in [1.82, 2.24) is 9.97 Å². The van der Waals surface area contributed by atoms with Gasteiger partial charge in [0.1, 0.15) is 11.6 Å². The van der Waals surface area contributed by atoms with Crippen LogP contribution in [-0.4, -0.2) is 9.97 Å². The molecule has 1 N–H and O–H groups in total. The first-order chi connectivity index (χ1) is 9.78. The summed E-state index contributed by atoms with van der Waals surface area (Å²) in [6.45, 7) is 0. The topological polar surface area (TPSA) is 61.6 Å². The minimum Gasteiger partial charge on any atom is -0.324 e. The second kappa shape index (κ2) is 5.48. The van der Waals surface area contributed by atoms with Crippen LogP contribution in [0.2, 0.25) is 5.15 Å². The lowest BCUT2D eigenvalue weighted by molar-refractivity contribution is 0.687. The van der Waals surface area contributed by atoms with Gasteiger partial charge in [0.15, 0.2) is 5.15 Å². The van der Waals surface area contributed by atoms with Crippen molar-refractivity contribution in [3.8, 4) is 6.07 Å². The quantitative estimate of drug-likeness (QED) is 0.856. The zero-order valence-electron chi connectivity index (χ0n) is 10.9. The summed E-state index contributed by atoms with van der Waals surface area (Å²) < 4.78 is 0. The lowest BCUT2D eigenvalue weighted by atomic mass is 9.90. The number of aryl methyl sites for hydroxylation is 1. The van der Waals surface area contributed by atoms with Crippen molar-refractivity contribution >= 4 is 23.2 Å². The molecule has 0 saturated carbocycles. The van der Waals surface area contributed by atoms with Crippen molar-refractivity contribution in [2.24, 2.45) is 0 Å². The SMILES string of the molecule is N#Cc1cnc(Nc2cccc3c2CCCC3)nc1Cl. The smallest absolute Gasteiger partial charge is 0.228 e. The van der Waals surface area contributed by atoms with Gasteiger partial charge in [-0.2, -0.15) is 10.2 Å². The number of nitriles is 1. The van der Waals surface area contributed by atoms with Crippen molar-refractivity contribution < 1.29 is 0 Å². The second-order valence-electron chi connectivity index (χ2n) is 4.79. The number of anilines is 2. The first-order valence-electron chi connectivity index (χ1n) is 6.58. The Morgan fingerprint density at radius 2 is 2.10 bits per heavy atom. The van der Waals surface area contributed by atoms with Gasteiger partial charge in [0.05, 0.1) is 6.20 Å². The molecule has 5 heteroatoms. The third kappa shape index (κ3) is 2.45. The monoisotopic (exact) mass is 284 g/mol. The van der Waals surface area contributed by atoms with Gasteiger partial charge >= 0.3 is 0 Å². The van der Waals surface area contributed by atoms with Gasteiger partial charge in [0.2, 0.25) is 5.95 Å². The number of nitrogens with one attached hydrogen (secondary N) is 1. The maximum absolute atomic E-state index is 8.82. The fourth-order valence-electron chi connectivity index (χ4n) is 2.52. The van der Waals surface area contributed by atoms with Gasteiger partial charge in [-0.1, -0.05) is 23.7 Å². The number of hydrogen-bond donors (Lipinski definition) is 1. The largest absolute Gasteiger partial charge is 0.324 e. The zero-order chi connectivity index (χ0) is 13.9. The summed E-state index contributed by atoms with van der Waals surface area (Å²) in [6, 6.07) is 8.19. The number of fused-ring (bicyclic) bond motifs is 1. The zero-order valence-corrected chi connectivity index (χ0v) is 11.6. The van der Waals surface area contributed by atoms with E-state index in [0.717, 1.165) is 18.5 Å². The number of nitrogens with zero attached hydrogens (tertiary/aromatic N) is 3. The molecular weight excluding hydrogens is 272 g/mol. The Morgan fingerprint density at radius 3 is 2.90 bits per heavy atom. The lowest BCUT2D eigenvalue weighted by Crippen LogP contribution is -2.07. The summed E-state index contributed by atoms with van der Waals surface area (Å²) in [5.41, 5.74) is 4.04. The lowest BCUT2D eigenvalue weighted by Gasteiger charge is -2.19. The predicted octanol–water partition coefficient (Wildman–Crippen LogP) is 3.62. The molecule has 1 aromatic heterocycles. The van der Waals surface area contributed by atoms with E-state index in [-0.39, 0.29) is 10.7 Å². The molecule has 1 heterocycles. The van der Waals surface area contributed by atoms with Gasteiger partial charge in [0, 0.05) is 5.69 Å². The van der Waals surface area contributed by atoms with Gasteiger partial charge in [-0.15, -0.1) is 0 Å². The van der Waals surface area contributed by atoms with Crippen LogP contribution in [0.1, 0.15) is 29.5 Å². The first kappa shape index (κ1) is 12.9. The Morgan fingerprint density at radius 1 is 1.25 bits per heavy atom. The van der Waals surface area contributed by atoms with E-state index < -0.39 is 0 Å². The summed E-state index contributed by atoms with van der Waals surface area (Å²) in [5.74, 6) is 0.424. The van der Waals surface area contributed by atoms with Crippen LogP contribution >= 0.6 is 11.6 Å². The highest BCUT2D eigenvalue weighted by molar-refractivity contribution is 6.30. The molecular formula is C15H13ClN4. The van der Waals surface area contributed by atoms with Gasteiger partial charge in [-0.3, -0.25) is 0 Å². The highest BCUT2D eigenvalue weighted by Crippen LogP contribution is 2.29. The van der Waals surface area contributed by atoms with Gasteiger partial charge in [0.25, 0.3) is 0 Å². The van der Waals surface area contributed by atoms with Crippen LogP contribution in [0.15, 0.2) is 24.4 Å². The Balaban J connectivity index is 1.92. The summed E-state index contributed by atoms with van der Waals surface area (Å²) >= 11 is 5.93. The summed E-state index contributed by atoms with van der Waals surface area (Å²) in [6.07, 6.45) is 6.09. The molecule has 1 aromatic carbocycles. The molecule has 1 aliphatic rings. The normalized spacial score (nSPS) is 13.4. The van der Waals surface area contributed by atoms with E-state index in [0.29, 0.717) is 5.95 Å². The summed E-state index contributed by atoms with van der Waals surface area (Å²) in [5, 5.41) is 12.2. The third-order valence-electron chi connectivity index (χ3n) is 3.51. The molecule has 4 nitrogen and oxygen atoms in total. The average molecular weight is 285 g/mol. The van der Waals surface area contributed by atoms with E-state index >= 15 is 0 Å². The van der Waals surface area contributed by atoms with E-state index in [4.69, 9.17) is 16.9 Å². The van der Waals surface area contributed by atoms with Crippen LogP contribution < -0.4 is 5.32 Å². The molecule has 0 aliphatic heterocycles. The van der Waals surface area contributed by atoms with Crippen molar-refractivity contribution in [2.45, 2.75) is 25.7 Å². The molecule has 0 atom stereocenters. The molecule has 0 unspecified atom stereocenters. The van der Waals surface area contributed by atoms with Crippen LogP contribution in [0.4, 0.5) is 11.6 Å². The van der Waals surface area contributed by atoms with Crippen LogP contribution in [-0.2, 0) is 12.8 Å². The molecule has 0 radical (unpaired) electrons. The van der Waals surface area contributed by atoms with E-state index in [1.54, 1.807) is 0 Å².